The van der Waals surface area contributed by atoms with Crippen molar-refractivity contribution in [2.24, 2.45) is 0 Å². The van der Waals surface area contributed by atoms with Crippen LogP contribution in [0.5, 0.6) is 0 Å². The summed E-state index contributed by atoms with van der Waals surface area (Å²) in [5, 5.41) is 16.5. The molecule has 18 heavy (non-hydrogen) atoms. The lowest BCUT2D eigenvalue weighted by molar-refractivity contribution is 0.265. The quantitative estimate of drug-likeness (QED) is 0.856. The van der Waals surface area contributed by atoms with Crippen LogP contribution in [0, 0.1) is 0 Å². The molecule has 0 spiro atoms. The predicted octanol–water partition coefficient (Wildman–Crippen LogP) is 0.222. The molecule has 0 saturated heterocycles. The molecular formula is C11H13N3O3S. The van der Waals surface area contributed by atoms with Crippen molar-refractivity contribution in [1.82, 2.24) is 14.8 Å². The fourth-order valence-corrected chi connectivity index (χ4v) is 2.20. The van der Waals surface area contributed by atoms with Crippen LogP contribution in [-0.4, -0.2) is 34.5 Å². The van der Waals surface area contributed by atoms with Gasteiger partial charge in [0.25, 0.3) is 0 Å². The molecule has 2 rings (SSSR count). The minimum atomic E-state index is -3.17. The van der Waals surface area contributed by atoms with Gasteiger partial charge < -0.3 is 9.67 Å². The average Bonchev–Trinajstić information content (AvgIpc) is 2.76. The number of sulfone groups is 1. The first-order valence-electron chi connectivity index (χ1n) is 5.27. The molecule has 0 atom stereocenters. The highest BCUT2D eigenvalue weighted by atomic mass is 32.2. The van der Waals surface area contributed by atoms with Crippen molar-refractivity contribution in [3.63, 3.8) is 0 Å². The van der Waals surface area contributed by atoms with E-state index in [2.05, 4.69) is 10.2 Å². The van der Waals surface area contributed by atoms with Gasteiger partial charge in [0.1, 0.15) is 12.9 Å². The molecule has 6 nitrogen and oxygen atoms in total. The van der Waals surface area contributed by atoms with Gasteiger partial charge in [-0.2, -0.15) is 0 Å². The lowest BCUT2D eigenvalue weighted by Crippen LogP contribution is -2.04. The highest BCUT2D eigenvalue weighted by molar-refractivity contribution is 7.90. The van der Waals surface area contributed by atoms with Crippen LogP contribution in [0.4, 0.5) is 0 Å². The largest absolute Gasteiger partial charge is 0.388 e. The van der Waals surface area contributed by atoms with Gasteiger partial charge in [0.2, 0.25) is 0 Å². The maximum Gasteiger partial charge on any atom is 0.175 e. The highest BCUT2D eigenvalue weighted by Crippen LogP contribution is 2.11. The summed E-state index contributed by atoms with van der Waals surface area (Å²) in [6.45, 7) is 0.314. The number of aliphatic hydroxyl groups is 1. The average molecular weight is 267 g/mol. The highest BCUT2D eigenvalue weighted by Gasteiger charge is 2.07. The molecule has 1 aromatic heterocycles. The Balaban J connectivity index is 2.21. The van der Waals surface area contributed by atoms with Crippen LogP contribution in [0.3, 0.4) is 0 Å². The van der Waals surface area contributed by atoms with E-state index in [4.69, 9.17) is 5.11 Å². The molecule has 1 aromatic carbocycles. The number of aliphatic hydroxyl groups excluding tert-OH is 1. The maximum absolute atomic E-state index is 11.3. The van der Waals surface area contributed by atoms with E-state index in [1.54, 1.807) is 28.8 Å². The summed E-state index contributed by atoms with van der Waals surface area (Å²) in [6, 6.07) is 6.59. The SMILES string of the molecule is CS(=O)(=O)c1ccc(Cn2cnnc2CO)cc1. The Bertz CT molecular complexity index is 632. The minimum Gasteiger partial charge on any atom is -0.388 e. The second-order valence-corrected chi connectivity index (χ2v) is 5.97. The predicted molar refractivity (Wildman–Crippen MR) is 64.6 cm³/mol. The topological polar surface area (TPSA) is 85.1 Å². The van der Waals surface area contributed by atoms with Crippen LogP contribution in [0.15, 0.2) is 35.5 Å². The molecule has 0 radical (unpaired) electrons. The van der Waals surface area contributed by atoms with E-state index in [-0.39, 0.29) is 11.5 Å². The van der Waals surface area contributed by atoms with Gasteiger partial charge in [-0.3, -0.25) is 0 Å². The lowest BCUT2D eigenvalue weighted by atomic mass is 10.2. The van der Waals surface area contributed by atoms with Gasteiger partial charge >= 0.3 is 0 Å². The van der Waals surface area contributed by atoms with Crippen LogP contribution in [-0.2, 0) is 23.0 Å². The number of rotatable bonds is 4. The molecule has 0 aliphatic heterocycles. The lowest BCUT2D eigenvalue weighted by Gasteiger charge is -2.05. The van der Waals surface area contributed by atoms with Crippen molar-refractivity contribution in [3.05, 3.63) is 42.0 Å². The molecule has 7 heteroatoms. The fraction of sp³-hybridized carbons (Fsp3) is 0.273. The summed E-state index contributed by atoms with van der Waals surface area (Å²) in [4.78, 5) is 0.289. The fourth-order valence-electron chi connectivity index (χ4n) is 1.57. The van der Waals surface area contributed by atoms with Crippen molar-refractivity contribution in [2.45, 2.75) is 18.0 Å². The first-order chi connectivity index (χ1) is 8.50. The van der Waals surface area contributed by atoms with Crippen LogP contribution in [0.2, 0.25) is 0 Å². The van der Waals surface area contributed by atoms with E-state index < -0.39 is 9.84 Å². The van der Waals surface area contributed by atoms with Crippen molar-refractivity contribution < 1.29 is 13.5 Å². The monoisotopic (exact) mass is 267 g/mol. The number of nitrogens with zero attached hydrogens (tertiary/aromatic N) is 3. The molecular weight excluding hydrogens is 254 g/mol. The van der Waals surface area contributed by atoms with E-state index in [0.29, 0.717) is 12.4 Å². The Hall–Kier alpha value is -1.73. The minimum absolute atomic E-state index is 0.179. The number of hydrogen-bond donors (Lipinski definition) is 1. The van der Waals surface area contributed by atoms with Crippen LogP contribution >= 0.6 is 0 Å². The summed E-state index contributed by atoms with van der Waals surface area (Å²) in [7, 11) is -3.17. The zero-order chi connectivity index (χ0) is 13.2. The molecule has 0 saturated carbocycles. The van der Waals surface area contributed by atoms with Crippen LogP contribution < -0.4 is 0 Å². The van der Waals surface area contributed by atoms with Gasteiger partial charge in [0.15, 0.2) is 15.7 Å². The van der Waals surface area contributed by atoms with Crippen molar-refractivity contribution in [2.75, 3.05) is 6.26 Å². The smallest absolute Gasteiger partial charge is 0.175 e. The zero-order valence-electron chi connectivity index (χ0n) is 9.81. The van der Waals surface area contributed by atoms with Crippen LogP contribution in [0.1, 0.15) is 11.4 Å². The molecule has 0 aliphatic carbocycles. The van der Waals surface area contributed by atoms with Gasteiger partial charge in [0, 0.05) is 6.26 Å². The Morgan fingerprint density at radius 2 is 1.94 bits per heavy atom. The number of aromatic nitrogens is 3. The van der Waals surface area contributed by atoms with Gasteiger partial charge in [0.05, 0.1) is 11.4 Å². The molecule has 0 fully saturated rings. The van der Waals surface area contributed by atoms with Gasteiger partial charge in [-0.05, 0) is 17.7 Å². The van der Waals surface area contributed by atoms with Crippen LogP contribution in [0.25, 0.3) is 0 Å². The maximum atomic E-state index is 11.3. The molecule has 1 N–H and O–H groups in total. The third kappa shape index (κ3) is 2.74. The molecule has 0 unspecified atom stereocenters. The third-order valence-corrected chi connectivity index (χ3v) is 3.67. The first kappa shape index (κ1) is 12.7. The molecule has 0 aliphatic rings. The van der Waals surface area contributed by atoms with Crippen molar-refractivity contribution in [1.29, 1.82) is 0 Å². The third-order valence-electron chi connectivity index (χ3n) is 2.54. The van der Waals surface area contributed by atoms with Gasteiger partial charge in [-0.1, -0.05) is 12.1 Å². The first-order valence-corrected chi connectivity index (χ1v) is 7.16. The summed E-state index contributed by atoms with van der Waals surface area (Å²) in [5.41, 5.74) is 0.914. The molecule has 2 aromatic rings. The zero-order valence-corrected chi connectivity index (χ0v) is 10.6. The standard InChI is InChI=1S/C11H13N3O3S/c1-18(16,17)10-4-2-9(3-5-10)6-14-8-12-13-11(14)7-15/h2-5,8,15H,6-7H2,1H3. The Kier molecular flexibility index (Phi) is 3.44. The second-order valence-electron chi connectivity index (χ2n) is 3.95. The summed E-state index contributed by atoms with van der Waals surface area (Å²) >= 11 is 0. The number of benzene rings is 1. The van der Waals surface area contributed by atoms with Gasteiger partial charge in [-0.15, -0.1) is 10.2 Å². The molecule has 96 valence electrons. The molecule has 0 amide bonds. The van der Waals surface area contributed by atoms with E-state index in [9.17, 15) is 8.42 Å². The Morgan fingerprint density at radius 1 is 1.28 bits per heavy atom. The van der Waals surface area contributed by atoms with Gasteiger partial charge in [-0.25, -0.2) is 8.42 Å². The Labute approximate surface area is 105 Å². The molecule has 1 heterocycles. The van der Waals surface area contributed by atoms with Crippen molar-refractivity contribution in [3.8, 4) is 0 Å². The summed E-state index contributed by atoms with van der Waals surface area (Å²) in [6.07, 6.45) is 2.70. The van der Waals surface area contributed by atoms with E-state index >= 15 is 0 Å². The summed E-state index contributed by atoms with van der Waals surface area (Å²) in [5.74, 6) is 0.474. The summed E-state index contributed by atoms with van der Waals surface area (Å²) < 4.78 is 24.3. The van der Waals surface area contributed by atoms with E-state index in [1.807, 2.05) is 0 Å². The normalized spacial score (nSPS) is 11.7. The molecule has 0 bridgehead atoms. The Morgan fingerprint density at radius 3 is 2.50 bits per heavy atom. The van der Waals surface area contributed by atoms with E-state index in [1.165, 1.54) is 12.6 Å². The number of hydrogen-bond acceptors (Lipinski definition) is 5. The van der Waals surface area contributed by atoms with Crippen molar-refractivity contribution >= 4 is 9.84 Å². The van der Waals surface area contributed by atoms with E-state index in [0.717, 1.165) is 5.56 Å². The second kappa shape index (κ2) is 4.87.